The van der Waals surface area contributed by atoms with Gasteiger partial charge >= 0.3 is 12.2 Å². The van der Waals surface area contributed by atoms with Crippen molar-refractivity contribution < 1.29 is 37.4 Å². The highest BCUT2D eigenvalue weighted by molar-refractivity contribution is 6.01. The summed E-state index contributed by atoms with van der Waals surface area (Å²) in [6.45, 7) is 15.9. The molecule has 3 aliphatic heterocycles. The quantitative estimate of drug-likeness (QED) is 0.135. The SMILES string of the molecule is [C-]#[N+][C@H]1C[C@@H](c2ncc(-c3ccc4c(c3)C(F)(F)c3cc(-c5ccc6c(c5)CC([C@@H]5CC7(CC7)CN5C(=O)[C@@H](NC(=O)OC)C(C)C)=N6)ccc3-4)[nH]2)N(C(=O)[C@@H](NC(=O)OC)C(C)C)C1. The Morgan fingerprint density at radius 1 is 0.831 bits per heavy atom. The van der Waals surface area contributed by atoms with Crippen molar-refractivity contribution in [3.63, 3.8) is 0 Å². The summed E-state index contributed by atoms with van der Waals surface area (Å²) in [5, 5.41) is 5.34. The van der Waals surface area contributed by atoms with Crippen LogP contribution in [0.25, 0.3) is 38.4 Å². The van der Waals surface area contributed by atoms with Gasteiger partial charge in [0, 0.05) is 35.4 Å². The van der Waals surface area contributed by atoms with Crippen LogP contribution in [0.4, 0.5) is 24.1 Å². The van der Waals surface area contributed by atoms with Crippen molar-refractivity contribution in [2.45, 2.75) is 95.9 Å². The summed E-state index contributed by atoms with van der Waals surface area (Å²) in [4.78, 5) is 72.1. The predicted octanol–water partition coefficient (Wildman–Crippen LogP) is 8.20. The summed E-state index contributed by atoms with van der Waals surface area (Å²) in [5.74, 6) is -3.82. The van der Waals surface area contributed by atoms with E-state index < -0.39 is 42.3 Å². The maximum Gasteiger partial charge on any atom is 0.407 e. The van der Waals surface area contributed by atoms with Crippen LogP contribution in [-0.2, 0) is 31.4 Å². The zero-order chi connectivity index (χ0) is 46.1. The van der Waals surface area contributed by atoms with E-state index in [0.717, 1.165) is 41.8 Å². The molecule has 4 amide bonds. The molecular weight excluding hydrogens is 835 g/mol. The molecule has 4 aromatic rings. The number of methoxy groups -OCH3 is 2. The van der Waals surface area contributed by atoms with Gasteiger partial charge in [-0.1, -0.05) is 58.0 Å². The molecule has 3 N–H and O–H groups in total. The highest BCUT2D eigenvalue weighted by Gasteiger charge is 2.55. The number of ether oxygens (including phenoxy) is 2. The zero-order valence-corrected chi connectivity index (χ0v) is 37.2. The van der Waals surface area contributed by atoms with Crippen LogP contribution in [0.5, 0.6) is 0 Å². The lowest BCUT2D eigenvalue weighted by atomic mass is 9.94. The molecule has 16 heteroatoms. The van der Waals surface area contributed by atoms with Gasteiger partial charge in [-0.3, -0.25) is 14.6 Å². The van der Waals surface area contributed by atoms with Crippen LogP contribution < -0.4 is 10.6 Å². The van der Waals surface area contributed by atoms with Gasteiger partial charge in [-0.2, -0.15) is 8.78 Å². The van der Waals surface area contributed by atoms with Gasteiger partial charge in [-0.05, 0) is 88.6 Å². The number of aromatic nitrogens is 2. The summed E-state index contributed by atoms with van der Waals surface area (Å²) in [5.41, 5.74) is 5.77. The first-order valence-electron chi connectivity index (χ1n) is 22.1. The van der Waals surface area contributed by atoms with Crippen LogP contribution >= 0.6 is 0 Å². The number of H-pyrrole nitrogens is 1. The molecule has 9 rings (SSSR count). The molecular formula is C49H52F2N8O6. The van der Waals surface area contributed by atoms with E-state index in [1.165, 1.54) is 20.3 Å². The van der Waals surface area contributed by atoms with Gasteiger partial charge in [-0.25, -0.2) is 21.1 Å². The lowest BCUT2D eigenvalue weighted by molar-refractivity contribution is -0.135. The average Bonchev–Trinajstić information content (AvgIpc) is 3.82. The Bertz CT molecular complexity index is 2680. The van der Waals surface area contributed by atoms with Crippen LogP contribution in [0.15, 0.2) is 65.8 Å². The number of imidazole rings is 1. The maximum atomic E-state index is 16.6. The molecule has 2 aliphatic carbocycles. The lowest BCUT2D eigenvalue weighted by Gasteiger charge is -2.31. The first kappa shape index (κ1) is 43.6. The van der Waals surface area contributed by atoms with Crippen molar-refractivity contribution in [1.29, 1.82) is 0 Å². The summed E-state index contributed by atoms with van der Waals surface area (Å²) in [7, 11) is 2.50. The Hall–Kier alpha value is -6.63. The number of hydrogen-bond acceptors (Lipinski definition) is 8. The van der Waals surface area contributed by atoms with E-state index in [9.17, 15) is 19.2 Å². The molecule has 3 aromatic carbocycles. The van der Waals surface area contributed by atoms with Gasteiger partial charge in [0.1, 0.15) is 17.9 Å². The molecule has 1 spiro atoms. The first-order valence-corrected chi connectivity index (χ1v) is 22.1. The number of alkyl carbamates (subject to hydrolysis) is 2. The molecule has 0 radical (unpaired) electrons. The van der Waals surface area contributed by atoms with E-state index in [1.54, 1.807) is 49.2 Å². The second kappa shape index (κ2) is 16.4. The fourth-order valence-electron chi connectivity index (χ4n) is 10.1. The van der Waals surface area contributed by atoms with Gasteiger partial charge in [-0.15, -0.1) is 0 Å². The number of nitrogens with one attached hydrogen (secondary N) is 3. The van der Waals surface area contributed by atoms with Crippen molar-refractivity contribution >= 4 is 35.4 Å². The van der Waals surface area contributed by atoms with Crippen molar-refractivity contribution in [3.05, 3.63) is 94.7 Å². The number of amides is 4. The first-order chi connectivity index (χ1) is 31.0. The van der Waals surface area contributed by atoms with Crippen LogP contribution in [0.3, 0.4) is 0 Å². The van der Waals surface area contributed by atoms with E-state index in [4.69, 9.17) is 21.0 Å². The smallest absolute Gasteiger partial charge is 0.407 e. The number of nitrogens with zero attached hydrogens (tertiary/aromatic N) is 5. The third-order valence-electron chi connectivity index (χ3n) is 13.9. The molecule has 4 heterocycles. The number of alkyl halides is 2. The Morgan fingerprint density at radius 2 is 1.42 bits per heavy atom. The second-order valence-electron chi connectivity index (χ2n) is 18.8. The summed E-state index contributed by atoms with van der Waals surface area (Å²) < 4.78 is 42.9. The topological polar surface area (TPSA) is 163 Å². The molecule has 338 valence electrons. The van der Waals surface area contributed by atoms with Crippen LogP contribution in [0, 0.1) is 23.8 Å². The number of aromatic amines is 1. The van der Waals surface area contributed by atoms with Gasteiger partial charge < -0.3 is 39.7 Å². The third kappa shape index (κ3) is 7.78. The zero-order valence-electron chi connectivity index (χ0n) is 37.2. The Labute approximate surface area is 376 Å². The highest BCUT2D eigenvalue weighted by Crippen LogP contribution is 2.56. The number of rotatable bonds is 10. The summed E-state index contributed by atoms with van der Waals surface area (Å²) >= 11 is 0. The molecule has 14 nitrogen and oxygen atoms in total. The van der Waals surface area contributed by atoms with Crippen molar-refractivity contribution in [3.8, 4) is 33.5 Å². The van der Waals surface area contributed by atoms with Gasteiger partial charge in [0.2, 0.25) is 17.9 Å². The predicted molar refractivity (Wildman–Crippen MR) is 238 cm³/mol. The summed E-state index contributed by atoms with van der Waals surface area (Å²) in [6, 6.07) is 13.0. The monoisotopic (exact) mass is 886 g/mol. The number of carbonyl (C=O) groups is 4. The van der Waals surface area contributed by atoms with Gasteiger partial charge in [0.15, 0.2) is 0 Å². The normalized spacial score (nSPS) is 21.6. The molecule has 1 aromatic heterocycles. The molecule has 5 atom stereocenters. The lowest BCUT2D eigenvalue weighted by Crippen LogP contribution is -2.53. The molecule has 65 heavy (non-hydrogen) atoms. The standard InChI is InChI=1S/C49H52F2N8O6/c1-25(2)41(56-46(62)64-6)44(60)58-23-31(52-5)20-39(58)43-53-22-38(55-43)29-9-12-33-32-11-8-28(17-34(32)49(50,51)35(33)18-29)27-10-13-36-30(16-27)19-37(54-36)40-21-48(14-15-48)24-59(40)45(61)42(26(3)4)57-47(63)65-7/h8-13,16-18,22,25-26,31,39-42H,14-15,19-21,23-24H2,1-4,6-7H3,(H,53,55)(H,56,62)(H,57,63)/t31-,39-,40-,41-,42-/m0/s1. The largest absolute Gasteiger partial charge is 0.453 e. The molecule has 3 fully saturated rings. The Kier molecular flexibility index (Phi) is 11.0. The Morgan fingerprint density at radius 3 is 2.02 bits per heavy atom. The van der Waals surface area contributed by atoms with Gasteiger partial charge in [0.05, 0.1) is 56.8 Å². The fraction of sp³-hybridized carbons (Fsp3) is 0.449. The number of carbonyl (C=O) groups excluding carboxylic acids is 4. The Balaban J connectivity index is 0.930. The summed E-state index contributed by atoms with van der Waals surface area (Å²) in [6.07, 6.45) is 3.90. The van der Waals surface area contributed by atoms with Crippen molar-refractivity contribution in [1.82, 2.24) is 30.4 Å². The maximum absolute atomic E-state index is 16.6. The van der Waals surface area contributed by atoms with E-state index in [2.05, 4.69) is 25.4 Å². The number of aliphatic imine (C=N–C) groups is 1. The van der Waals surface area contributed by atoms with Crippen LogP contribution in [0.2, 0.25) is 0 Å². The molecule has 0 unspecified atom stereocenters. The molecule has 5 aliphatic rings. The minimum atomic E-state index is -3.31. The third-order valence-corrected chi connectivity index (χ3v) is 13.9. The average molecular weight is 887 g/mol. The van der Waals surface area contributed by atoms with E-state index >= 15 is 8.78 Å². The van der Waals surface area contributed by atoms with Gasteiger partial charge in [0.25, 0.3) is 5.92 Å². The van der Waals surface area contributed by atoms with Crippen molar-refractivity contribution in [2.24, 2.45) is 22.2 Å². The molecule has 2 saturated heterocycles. The van der Waals surface area contributed by atoms with Crippen molar-refractivity contribution in [2.75, 3.05) is 27.3 Å². The molecule has 0 bridgehead atoms. The number of benzene rings is 3. The number of hydrogen-bond donors (Lipinski definition) is 3. The number of halogens is 2. The second-order valence-corrected chi connectivity index (χ2v) is 18.8. The number of likely N-dealkylation sites (tertiary alicyclic amines) is 2. The number of fused-ring (bicyclic) bond motifs is 4. The minimum Gasteiger partial charge on any atom is -0.453 e. The minimum absolute atomic E-state index is 0.0671. The molecule has 1 saturated carbocycles. The fourth-order valence-corrected chi connectivity index (χ4v) is 10.1. The highest BCUT2D eigenvalue weighted by atomic mass is 19.3. The van der Waals surface area contributed by atoms with Crippen LogP contribution in [-0.4, -0.2) is 101 Å². The van der Waals surface area contributed by atoms with Crippen LogP contribution in [0.1, 0.15) is 81.9 Å². The van der Waals surface area contributed by atoms with E-state index in [-0.39, 0.29) is 52.8 Å². The van der Waals surface area contributed by atoms with E-state index in [1.807, 2.05) is 43.0 Å². The van der Waals surface area contributed by atoms with E-state index in [0.29, 0.717) is 53.2 Å².